The lowest BCUT2D eigenvalue weighted by Gasteiger charge is -2.25. The van der Waals surface area contributed by atoms with Crippen LogP contribution in [-0.2, 0) is 10.8 Å². The topological polar surface area (TPSA) is 43.1 Å². The smallest absolute Gasteiger partial charge is 0.0647 e. The molecule has 2 nitrogen and oxygen atoms in total. The number of nitrogen functional groups attached to an aromatic ring is 1. The molecule has 2 rings (SSSR count). The van der Waals surface area contributed by atoms with E-state index in [9.17, 15) is 4.21 Å². The van der Waals surface area contributed by atoms with E-state index in [1.807, 2.05) is 6.07 Å². The lowest BCUT2D eigenvalue weighted by Crippen LogP contribution is -2.22. The van der Waals surface area contributed by atoms with Crippen molar-refractivity contribution >= 4 is 28.1 Å². The first-order valence-corrected chi connectivity index (χ1v) is 7.62. The van der Waals surface area contributed by atoms with Crippen molar-refractivity contribution in [3.8, 4) is 0 Å². The highest BCUT2D eigenvalue weighted by atomic mass is 35.5. The SMILES string of the molecule is CC1CCC(S(=O)c2ccc(N)c(Cl)c2)CC1. The highest BCUT2D eigenvalue weighted by molar-refractivity contribution is 7.85. The van der Waals surface area contributed by atoms with Crippen LogP contribution >= 0.6 is 11.6 Å². The number of nitrogens with two attached hydrogens (primary N) is 1. The zero-order valence-electron chi connectivity index (χ0n) is 9.99. The molecule has 1 aliphatic rings. The van der Waals surface area contributed by atoms with Gasteiger partial charge in [-0.3, -0.25) is 4.21 Å². The van der Waals surface area contributed by atoms with Crippen molar-refractivity contribution in [2.24, 2.45) is 5.92 Å². The summed E-state index contributed by atoms with van der Waals surface area (Å²) in [5, 5.41) is 0.783. The van der Waals surface area contributed by atoms with Crippen molar-refractivity contribution in [2.75, 3.05) is 5.73 Å². The number of benzene rings is 1. The van der Waals surface area contributed by atoms with Crippen molar-refractivity contribution in [3.05, 3.63) is 23.2 Å². The molecule has 0 aromatic heterocycles. The molecule has 1 aromatic carbocycles. The maximum Gasteiger partial charge on any atom is 0.0647 e. The molecule has 0 amide bonds. The fraction of sp³-hybridized carbons (Fsp3) is 0.538. The maximum atomic E-state index is 12.4. The summed E-state index contributed by atoms with van der Waals surface area (Å²) in [5.41, 5.74) is 6.20. The Balaban J connectivity index is 2.11. The van der Waals surface area contributed by atoms with E-state index in [0.717, 1.165) is 23.7 Å². The second-order valence-corrected chi connectivity index (χ2v) is 7.00. The van der Waals surface area contributed by atoms with Gasteiger partial charge < -0.3 is 5.73 Å². The molecule has 4 heteroatoms. The summed E-state index contributed by atoms with van der Waals surface area (Å²) in [6.07, 6.45) is 4.46. The average Bonchev–Trinajstić information content (AvgIpc) is 2.33. The Kier molecular flexibility index (Phi) is 4.10. The molecule has 0 saturated heterocycles. The molecule has 0 radical (unpaired) electrons. The van der Waals surface area contributed by atoms with Gasteiger partial charge in [0.25, 0.3) is 0 Å². The van der Waals surface area contributed by atoms with E-state index >= 15 is 0 Å². The van der Waals surface area contributed by atoms with Crippen LogP contribution in [0.15, 0.2) is 23.1 Å². The van der Waals surface area contributed by atoms with Gasteiger partial charge in [-0.05, 0) is 49.8 Å². The fourth-order valence-corrected chi connectivity index (χ4v) is 4.04. The Morgan fingerprint density at radius 3 is 2.53 bits per heavy atom. The molecule has 17 heavy (non-hydrogen) atoms. The van der Waals surface area contributed by atoms with Gasteiger partial charge >= 0.3 is 0 Å². The molecule has 0 bridgehead atoms. The molecule has 0 heterocycles. The number of hydrogen-bond donors (Lipinski definition) is 1. The van der Waals surface area contributed by atoms with Crippen LogP contribution in [0.3, 0.4) is 0 Å². The monoisotopic (exact) mass is 271 g/mol. The first-order chi connectivity index (χ1) is 8.08. The van der Waals surface area contributed by atoms with Crippen molar-refractivity contribution in [1.82, 2.24) is 0 Å². The molecule has 2 N–H and O–H groups in total. The largest absolute Gasteiger partial charge is 0.398 e. The summed E-state index contributed by atoms with van der Waals surface area (Å²) in [7, 11) is -0.943. The zero-order chi connectivity index (χ0) is 12.4. The quantitative estimate of drug-likeness (QED) is 0.835. The van der Waals surface area contributed by atoms with E-state index in [4.69, 9.17) is 17.3 Å². The van der Waals surface area contributed by atoms with Gasteiger partial charge in [0.15, 0.2) is 0 Å². The molecule has 1 aromatic rings. The van der Waals surface area contributed by atoms with Gasteiger partial charge in [0, 0.05) is 10.1 Å². The van der Waals surface area contributed by atoms with Crippen LogP contribution in [0, 0.1) is 5.92 Å². The summed E-state index contributed by atoms with van der Waals surface area (Å²) in [6, 6.07) is 5.31. The van der Waals surface area contributed by atoms with Crippen LogP contribution < -0.4 is 5.73 Å². The number of halogens is 1. The van der Waals surface area contributed by atoms with Crippen LogP contribution in [0.2, 0.25) is 5.02 Å². The van der Waals surface area contributed by atoms with Gasteiger partial charge in [-0.1, -0.05) is 18.5 Å². The molecule has 0 aliphatic heterocycles. The van der Waals surface area contributed by atoms with Crippen molar-refractivity contribution in [1.29, 1.82) is 0 Å². The van der Waals surface area contributed by atoms with E-state index < -0.39 is 10.8 Å². The second kappa shape index (κ2) is 5.40. The number of rotatable bonds is 2. The predicted molar refractivity (Wildman–Crippen MR) is 73.7 cm³/mol. The standard InChI is InChI=1S/C13H18ClNOS/c1-9-2-4-10(5-3-9)17(16)11-6-7-13(15)12(14)8-11/h6-10H,2-5,15H2,1H3. The van der Waals surface area contributed by atoms with Crippen LogP contribution in [-0.4, -0.2) is 9.46 Å². The zero-order valence-corrected chi connectivity index (χ0v) is 11.6. The molecular formula is C13H18ClNOS. The summed E-state index contributed by atoms with van der Waals surface area (Å²) < 4.78 is 12.4. The Labute approximate surface area is 110 Å². The van der Waals surface area contributed by atoms with E-state index in [-0.39, 0.29) is 5.25 Å². The number of anilines is 1. The van der Waals surface area contributed by atoms with Gasteiger partial charge in [-0.25, -0.2) is 0 Å². The summed E-state index contributed by atoms with van der Waals surface area (Å²) in [6.45, 7) is 2.26. The van der Waals surface area contributed by atoms with E-state index in [2.05, 4.69) is 6.92 Å². The van der Waals surface area contributed by atoms with Crippen molar-refractivity contribution in [2.45, 2.75) is 42.8 Å². The minimum atomic E-state index is -0.943. The van der Waals surface area contributed by atoms with Crippen LogP contribution in [0.1, 0.15) is 32.6 Å². The van der Waals surface area contributed by atoms with E-state index in [0.29, 0.717) is 10.7 Å². The van der Waals surface area contributed by atoms with Gasteiger partial charge in [0.05, 0.1) is 21.5 Å². The first-order valence-electron chi connectivity index (χ1n) is 6.03. The Morgan fingerprint density at radius 1 is 1.29 bits per heavy atom. The molecular weight excluding hydrogens is 254 g/mol. The van der Waals surface area contributed by atoms with Crippen LogP contribution in [0.4, 0.5) is 5.69 Å². The third kappa shape index (κ3) is 3.02. The minimum absolute atomic E-state index is 0.283. The lowest BCUT2D eigenvalue weighted by molar-refractivity contribution is 0.389. The van der Waals surface area contributed by atoms with Crippen LogP contribution in [0.25, 0.3) is 0 Å². The predicted octanol–water partition coefficient (Wildman–Crippen LogP) is 3.61. The number of hydrogen-bond acceptors (Lipinski definition) is 2. The van der Waals surface area contributed by atoms with Gasteiger partial charge in [0.2, 0.25) is 0 Å². The molecule has 0 spiro atoms. The van der Waals surface area contributed by atoms with Crippen molar-refractivity contribution in [3.63, 3.8) is 0 Å². The van der Waals surface area contributed by atoms with Crippen LogP contribution in [0.5, 0.6) is 0 Å². The third-order valence-electron chi connectivity index (χ3n) is 3.47. The Bertz CT molecular complexity index is 427. The first kappa shape index (κ1) is 12.9. The normalized spacial score (nSPS) is 26.7. The summed E-state index contributed by atoms with van der Waals surface area (Å²) in [5.74, 6) is 0.776. The van der Waals surface area contributed by atoms with Gasteiger partial charge in [0.1, 0.15) is 0 Å². The molecule has 1 unspecified atom stereocenters. The summed E-state index contributed by atoms with van der Waals surface area (Å²) >= 11 is 5.96. The molecule has 1 aliphatic carbocycles. The molecule has 1 saturated carbocycles. The third-order valence-corrected chi connectivity index (χ3v) is 5.59. The maximum absolute atomic E-state index is 12.4. The van der Waals surface area contributed by atoms with Gasteiger partial charge in [-0.15, -0.1) is 0 Å². The van der Waals surface area contributed by atoms with E-state index in [1.165, 1.54) is 12.8 Å². The molecule has 94 valence electrons. The molecule has 1 fully saturated rings. The van der Waals surface area contributed by atoms with Gasteiger partial charge in [-0.2, -0.15) is 0 Å². The van der Waals surface area contributed by atoms with E-state index in [1.54, 1.807) is 12.1 Å². The fourth-order valence-electron chi connectivity index (χ4n) is 2.27. The highest BCUT2D eigenvalue weighted by Gasteiger charge is 2.24. The minimum Gasteiger partial charge on any atom is -0.398 e. The molecule has 1 atom stereocenters. The highest BCUT2D eigenvalue weighted by Crippen LogP contribution is 2.31. The summed E-state index contributed by atoms with van der Waals surface area (Å²) in [4.78, 5) is 0.809. The second-order valence-electron chi connectivity index (χ2n) is 4.86. The van der Waals surface area contributed by atoms with Crippen molar-refractivity contribution < 1.29 is 4.21 Å². The average molecular weight is 272 g/mol. The Morgan fingerprint density at radius 2 is 1.94 bits per heavy atom. The Hall–Kier alpha value is -0.540. The lowest BCUT2D eigenvalue weighted by atomic mass is 9.91.